The average molecular weight is 862 g/mol. The maximum absolute atomic E-state index is 15.7. The molecule has 2 bridgehead atoms. The molecule has 1 aliphatic heterocycles. The minimum atomic E-state index is -4.67. The van der Waals surface area contributed by atoms with E-state index in [4.69, 9.17) is 21.1 Å². The van der Waals surface area contributed by atoms with Gasteiger partial charge < -0.3 is 25.2 Å². The molecule has 3 aliphatic carbocycles. The molecule has 1 aromatic heterocycles. The summed E-state index contributed by atoms with van der Waals surface area (Å²) in [4.78, 5) is 25.7. The zero-order chi connectivity index (χ0) is 43.3. The Hall–Kier alpha value is -5.18. The number of carbonyl (C=O) groups excluding carboxylic acids is 1. The van der Waals surface area contributed by atoms with Crippen LogP contribution in [-0.2, 0) is 35.4 Å². The summed E-state index contributed by atoms with van der Waals surface area (Å²) < 4.78 is 73.2. The predicted molar refractivity (Wildman–Crippen MR) is 224 cm³/mol. The number of alkyl halides is 3. The van der Waals surface area contributed by atoms with Crippen LogP contribution in [0.3, 0.4) is 0 Å². The van der Waals surface area contributed by atoms with Gasteiger partial charge in [0.05, 0.1) is 48.5 Å². The Balaban J connectivity index is 1.06. The minimum absolute atomic E-state index is 0.00737. The van der Waals surface area contributed by atoms with Crippen molar-refractivity contribution in [1.29, 1.82) is 0 Å². The van der Waals surface area contributed by atoms with Crippen molar-refractivity contribution < 1.29 is 41.7 Å². The van der Waals surface area contributed by atoms with Crippen molar-refractivity contribution in [3.8, 4) is 33.8 Å². The van der Waals surface area contributed by atoms with Crippen LogP contribution in [0.5, 0.6) is 11.5 Å². The summed E-state index contributed by atoms with van der Waals surface area (Å²) in [6.45, 7) is 0.704. The van der Waals surface area contributed by atoms with Gasteiger partial charge >= 0.3 is 12.1 Å². The Labute approximate surface area is 356 Å². The molecule has 0 spiro atoms. The van der Waals surface area contributed by atoms with Crippen LogP contribution in [0.25, 0.3) is 33.2 Å². The van der Waals surface area contributed by atoms with Gasteiger partial charge in [0, 0.05) is 65.3 Å². The number of hydrogen-bond acceptors (Lipinski definition) is 7. The first kappa shape index (κ1) is 42.5. The Kier molecular flexibility index (Phi) is 11.6. The smallest absolute Gasteiger partial charge is 0.416 e. The third-order valence-electron chi connectivity index (χ3n) is 13.4. The van der Waals surface area contributed by atoms with Gasteiger partial charge in [-0.25, -0.2) is 4.39 Å². The molecule has 1 unspecified atom stereocenters. The molecule has 4 aromatic carbocycles. The molecule has 15 heteroatoms. The first-order chi connectivity index (χ1) is 29.1. The van der Waals surface area contributed by atoms with Crippen molar-refractivity contribution >= 4 is 34.4 Å². The molecule has 9 rings (SSSR count). The molecule has 4 aliphatic rings. The van der Waals surface area contributed by atoms with Crippen molar-refractivity contribution in [2.24, 2.45) is 5.41 Å². The van der Waals surface area contributed by atoms with E-state index in [0.717, 1.165) is 6.42 Å². The number of aliphatic carboxylic acids is 1. The lowest BCUT2D eigenvalue weighted by Crippen LogP contribution is -2.56. The first-order valence-corrected chi connectivity index (χ1v) is 20.8. The molecule has 1 amide bonds. The molecule has 10 nitrogen and oxygen atoms in total. The number of nitrogens with one attached hydrogen (secondary N) is 2. The lowest BCUT2D eigenvalue weighted by molar-refractivity contribution is -0.160. The second-order valence-corrected chi connectivity index (χ2v) is 17.1. The third-order valence-corrected chi connectivity index (χ3v) is 13.9. The highest BCUT2D eigenvalue weighted by atomic mass is 35.5. The molecule has 5 aromatic rings. The number of carbonyl (C=O) groups is 2. The van der Waals surface area contributed by atoms with Crippen LogP contribution in [0.15, 0.2) is 66.9 Å². The van der Waals surface area contributed by atoms with Crippen molar-refractivity contribution in [3.63, 3.8) is 0 Å². The summed E-state index contributed by atoms with van der Waals surface area (Å²) in [6.07, 6.45) is 1.83. The van der Waals surface area contributed by atoms with Crippen LogP contribution in [0, 0.1) is 11.2 Å². The Morgan fingerprint density at radius 1 is 0.984 bits per heavy atom. The van der Waals surface area contributed by atoms with Crippen LogP contribution >= 0.6 is 11.6 Å². The third kappa shape index (κ3) is 8.05. The van der Waals surface area contributed by atoms with E-state index in [0.29, 0.717) is 112 Å². The van der Waals surface area contributed by atoms with Gasteiger partial charge in [0.15, 0.2) is 0 Å². The Morgan fingerprint density at radius 2 is 1.67 bits per heavy atom. The normalized spacial score (nSPS) is 21.3. The molecule has 1 saturated heterocycles. The molecular weight excluding hydrogens is 814 g/mol. The number of fused-ring (bicyclic) bond motifs is 4. The summed E-state index contributed by atoms with van der Waals surface area (Å²) in [5.74, 6) is -0.569. The largest absolute Gasteiger partial charge is 0.496 e. The minimum Gasteiger partial charge on any atom is -0.496 e. The molecular formula is C46H48ClF4N5O5. The first-order valence-electron chi connectivity index (χ1n) is 20.5. The summed E-state index contributed by atoms with van der Waals surface area (Å²) in [5.41, 5.74) is 1.94. The number of carboxylic acids is 1. The predicted octanol–water partition coefficient (Wildman–Crippen LogP) is 9.22. The molecule has 4 fully saturated rings. The number of benzene rings is 4. The van der Waals surface area contributed by atoms with E-state index in [9.17, 15) is 27.9 Å². The number of rotatable bonds is 14. The van der Waals surface area contributed by atoms with Crippen LogP contribution in [-0.4, -0.2) is 71.1 Å². The number of amides is 1. The van der Waals surface area contributed by atoms with Gasteiger partial charge in [0.25, 0.3) is 0 Å². The number of halogens is 5. The molecule has 1 atom stereocenters. The van der Waals surface area contributed by atoms with Crippen molar-refractivity contribution in [2.75, 3.05) is 27.8 Å². The molecule has 322 valence electrons. The lowest BCUT2D eigenvalue weighted by Gasteiger charge is -2.55. The van der Waals surface area contributed by atoms with E-state index in [1.807, 2.05) is 25.2 Å². The van der Waals surface area contributed by atoms with Crippen LogP contribution in [0.1, 0.15) is 73.6 Å². The SMILES string of the molecule is COc1cc(Cn2ncc3c(-c4cccc(-c5cc(F)c(CNCC6CCC(=O)N6)c(OC)c5)c4Cl)cccc32)c(C(F)(F)F)cc1CN(C)C12CCC(C(=O)O)(CC1)CC2. The summed E-state index contributed by atoms with van der Waals surface area (Å²) in [6, 6.07) is 16.6. The quantitative estimate of drug-likeness (QED) is 0.0947. The van der Waals surface area contributed by atoms with Gasteiger partial charge in [-0.1, -0.05) is 41.9 Å². The van der Waals surface area contributed by atoms with Crippen LogP contribution in [0.2, 0.25) is 5.02 Å². The highest BCUT2D eigenvalue weighted by molar-refractivity contribution is 6.36. The maximum atomic E-state index is 15.7. The van der Waals surface area contributed by atoms with Gasteiger partial charge in [0.2, 0.25) is 5.91 Å². The zero-order valence-corrected chi connectivity index (χ0v) is 35.0. The molecule has 3 N–H and O–H groups in total. The van der Waals surface area contributed by atoms with E-state index in [-0.39, 0.29) is 42.7 Å². The standard InChI is InChI=1S/C46H48ClF4N5O5/c1-55(45-15-12-44(13-16-45,14-17-45)43(58)59)25-29-18-36(46(49,50)51)28(21-39(29)60-2)26-56-38-9-5-7-32(34(38)24-53-56)33-8-4-6-31(42(33)47)27-19-37(48)35(40(20-27)61-3)23-52-22-30-10-11-41(57)54-30/h4-9,18-21,24,30,52H,10-17,22-23,25-26H2,1-3H3,(H,54,57)(H,58,59). The van der Waals surface area contributed by atoms with Crippen LogP contribution < -0.4 is 20.1 Å². The number of carboxylic acid groups (broad SMARTS) is 1. The molecule has 2 heterocycles. The fourth-order valence-electron chi connectivity index (χ4n) is 9.77. The van der Waals surface area contributed by atoms with Crippen molar-refractivity contribution in [2.45, 2.75) is 88.8 Å². The van der Waals surface area contributed by atoms with E-state index in [1.165, 1.54) is 37.1 Å². The summed E-state index contributed by atoms with van der Waals surface area (Å²) >= 11 is 7.11. The Bertz CT molecular complexity index is 2480. The maximum Gasteiger partial charge on any atom is 0.416 e. The van der Waals surface area contributed by atoms with Gasteiger partial charge in [-0.15, -0.1) is 0 Å². The van der Waals surface area contributed by atoms with Crippen molar-refractivity contribution in [3.05, 3.63) is 100.0 Å². The molecule has 0 radical (unpaired) electrons. The van der Waals surface area contributed by atoms with Crippen LogP contribution in [0.4, 0.5) is 17.6 Å². The fraction of sp³-hybridized carbons (Fsp3) is 0.413. The van der Waals surface area contributed by atoms with E-state index in [2.05, 4.69) is 20.6 Å². The molecule has 61 heavy (non-hydrogen) atoms. The second kappa shape index (κ2) is 16.6. The average Bonchev–Trinajstić information content (AvgIpc) is 3.87. The van der Waals surface area contributed by atoms with Crippen molar-refractivity contribution in [1.82, 2.24) is 25.3 Å². The van der Waals surface area contributed by atoms with Gasteiger partial charge in [-0.3, -0.25) is 19.2 Å². The number of aromatic nitrogens is 2. The van der Waals surface area contributed by atoms with Gasteiger partial charge in [-0.05, 0) is 99.0 Å². The van der Waals surface area contributed by atoms with E-state index < -0.39 is 28.9 Å². The summed E-state index contributed by atoms with van der Waals surface area (Å²) in [5, 5.41) is 21.5. The highest BCUT2D eigenvalue weighted by Crippen LogP contribution is 2.55. The number of methoxy groups -OCH3 is 2. The highest BCUT2D eigenvalue weighted by Gasteiger charge is 2.54. The number of ether oxygens (including phenoxy) is 2. The fourth-order valence-corrected chi connectivity index (χ4v) is 10.1. The Morgan fingerprint density at radius 3 is 2.33 bits per heavy atom. The zero-order valence-electron chi connectivity index (χ0n) is 34.2. The second-order valence-electron chi connectivity index (χ2n) is 16.8. The van der Waals surface area contributed by atoms with Gasteiger partial charge in [0.1, 0.15) is 17.3 Å². The number of nitrogens with zero attached hydrogens (tertiary/aromatic N) is 3. The van der Waals surface area contributed by atoms with E-state index in [1.54, 1.807) is 30.5 Å². The topological polar surface area (TPSA) is 118 Å². The van der Waals surface area contributed by atoms with Gasteiger partial charge in [-0.2, -0.15) is 18.3 Å². The lowest BCUT2D eigenvalue weighted by atomic mass is 9.57. The molecule has 3 saturated carbocycles. The monoisotopic (exact) mass is 861 g/mol. The van der Waals surface area contributed by atoms with E-state index >= 15 is 4.39 Å². The summed E-state index contributed by atoms with van der Waals surface area (Å²) in [7, 11) is 4.82. The number of hydrogen-bond donors (Lipinski definition) is 3.